The van der Waals surface area contributed by atoms with E-state index >= 15 is 0 Å². The van der Waals surface area contributed by atoms with Gasteiger partial charge in [-0.05, 0) is 23.8 Å². The lowest BCUT2D eigenvalue weighted by atomic mass is 10.2. The molecule has 1 N–H and O–H groups in total. The van der Waals surface area contributed by atoms with Crippen LogP contribution in [0, 0.1) is 0 Å². The quantitative estimate of drug-likeness (QED) is 0.768. The largest absolute Gasteiger partial charge is 0.493 e. The molecule has 7 heteroatoms. The zero-order valence-electron chi connectivity index (χ0n) is 10.4. The van der Waals surface area contributed by atoms with Gasteiger partial charge in [0.1, 0.15) is 19.3 Å². The summed E-state index contributed by atoms with van der Waals surface area (Å²) in [5.41, 5.74) is 0.849. The number of hydrogen-bond donors (Lipinski definition) is 1. The first kappa shape index (κ1) is 13.0. The van der Waals surface area contributed by atoms with Gasteiger partial charge in [0.2, 0.25) is 0 Å². The Bertz CT molecular complexity index is 540. The zero-order chi connectivity index (χ0) is 13.5. The van der Waals surface area contributed by atoms with Crippen molar-refractivity contribution in [3.63, 3.8) is 0 Å². The lowest BCUT2D eigenvalue weighted by Crippen LogP contribution is -2.03. The number of nitrogens with zero attached hydrogens (tertiary/aromatic N) is 4. The average Bonchev–Trinajstić information content (AvgIpc) is 2.96. The minimum atomic E-state index is -0.0417. The van der Waals surface area contributed by atoms with Gasteiger partial charge in [-0.2, -0.15) is 5.10 Å². The molecule has 1 heterocycles. The van der Waals surface area contributed by atoms with Crippen molar-refractivity contribution in [2.24, 2.45) is 5.10 Å². The highest BCUT2D eigenvalue weighted by molar-refractivity contribution is 5.80. The average molecular weight is 262 g/mol. The monoisotopic (exact) mass is 262 g/mol. The standard InChI is InChI=1S/C12H14N4O3/c1-18-12-6-10(2-3-11(12)19-5-4-17)7-15-16-8-13-14-9-16/h2-3,6-9,17H,4-5H2,1H3/b15-7-. The summed E-state index contributed by atoms with van der Waals surface area (Å²) in [6, 6.07) is 5.39. The van der Waals surface area contributed by atoms with Gasteiger partial charge in [0.25, 0.3) is 0 Å². The molecule has 0 spiro atoms. The third-order valence-corrected chi connectivity index (χ3v) is 2.28. The third-order valence-electron chi connectivity index (χ3n) is 2.28. The molecule has 0 fully saturated rings. The fourth-order valence-electron chi connectivity index (χ4n) is 1.43. The first-order valence-electron chi connectivity index (χ1n) is 5.64. The lowest BCUT2D eigenvalue weighted by Gasteiger charge is -2.09. The van der Waals surface area contributed by atoms with Crippen molar-refractivity contribution >= 4 is 6.21 Å². The number of benzene rings is 1. The van der Waals surface area contributed by atoms with Crippen LogP contribution in [0.3, 0.4) is 0 Å². The molecule has 0 bridgehead atoms. The van der Waals surface area contributed by atoms with Crippen LogP contribution >= 0.6 is 0 Å². The number of aromatic nitrogens is 3. The number of methoxy groups -OCH3 is 1. The molecule has 2 aromatic rings. The van der Waals surface area contributed by atoms with Crippen LogP contribution < -0.4 is 9.47 Å². The lowest BCUT2D eigenvalue weighted by molar-refractivity contribution is 0.196. The van der Waals surface area contributed by atoms with Crippen LogP contribution in [0.1, 0.15) is 5.56 Å². The van der Waals surface area contributed by atoms with Crippen molar-refractivity contribution < 1.29 is 14.6 Å². The highest BCUT2D eigenvalue weighted by Crippen LogP contribution is 2.27. The normalized spacial score (nSPS) is 10.8. The van der Waals surface area contributed by atoms with Crippen LogP contribution in [0.5, 0.6) is 11.5 Å². The highest BCUT2D eigenvalue weighted by atomic mass is 16.5. The number of rotatable bonds is 6. The van der Waals surface area contributed by atoms with E-state index in [1.54, 1.807) is 25.5 Å². The fourth-order valence-corrected chi connectivity index (χ4v) is 1.43. The number of ether oxygens (including phenoxy) is 2. The van der Waals surface area contributed by atoms with Crippen molar-refractivity contribution in [2.75, 3.05) is 20.3 Å². The molecule has 1 aromatic heterocycles. The summed E-state index contributed by atoms with van der Waals surface area (Å²) in [5.74, 6) is 1.17. The van der Waals surface area contributed by atoms with Gasteiger partial charge in [-0.1, -0.05) is 0 Å². The van der Waals surface area contributed by atoms with E-state index in [0.29, 0.717) is 11.5 Å². The van der Waals surface area contributed by atoms with Gasteiger partial charge in [-0.15, -0.1) is 10.2 Å². The van der Waals surface area contributed by atoms with Gasteiger partial charge in [0, 0.05) is 0 Å². The molecule has 0 amide bonds. The summed E-state index contributed by atoms with van der Waals surface area (Å²) in [5, 5.41) is 20.2. The molecule has 100 valence electrons. The number of hydrogen-bond acceptors (Lipinski definition) is 6. The van der Waals surface area contributed by atoms with Gasteiger partial charge in [0.15, 0.2) is 11.5 Å². The van der Waals surface area contributed by atoms with E-state index in [9.17, 15) is 0 Å². The minimum Gasteiger partial charge on any atom is -0.493 e. The second-order valence-corrected chi connectivity index (χ2v) is 3.57. The molecule has 0 saturated heterocycles. The molecule has 2 rings (SSSR count). The predicted octanol–water partition coefficient (Wildman–Crippen LogP) is 0.540. The molecule has 0 aliphatic heterocycles. The van der Waals surface area contributed by atoms with E-state index in [1.807, 2.05) is 6.07 Å². The summed E-state index contributed by atoms with van der Waals surface area (Å²) < 4.78 is 12.0. The van der Waals surface area contributed by atoms with E-state index in [-0.39, 0.29) is 13.2 Å². The van der Waals surface area contributed by atoms with Crippen molar-refractivity contribution in [1.29, 1.82) is 0 Å². The Morgan fingerprint density at radius 2 is 2.11 bits per heavy atom. The number of aliphatic hydroxyl groups excluding tert-OH is 1. The van der Waals surface area contributed by atoms with Crippen LogP contribution in [0.25, 0.3) is 0 Å². The molecule has 0 atom stereocenters. The minimum absolute atomic E-state index is 0.0417. The maximum absolute atomic E-state index is 8.73. The zero-order valence-corrected chi connectivity index (χ0v) is 10.4. The van der Waals surface area contributed by atoms with Crippen LogP contribution in [0.15, 0.2) is 36.0 Å². The first-order chi connectivity index (χ1) is 9.33. The fraction of sp³-hybridized carbons (Fsp3) is 0.250. The van der Waals surface area contributed by atoms with E-state index in [2.05, 4.69) is 15.3 Å². The van der Waals surface area contributed by atoms with Gasteiger partial charge in [-0.25, -0.2) is 4.68 Å². The molecular formula is C12H14N4O3. The van der Waals surface area contributed by atoms with E-state index in [1.165, 1.54) is 17.3 Å². The predicted molar refractivity (Wildman–Crippen MR) is 68.6 cm³/mol. The van der Waals surface area contributed by atoms with Crippen molar-refractivity contribution in [1.82, 2.24) is 14.9 Å². The van der Waals surface area contributed by atoms with E-state index in [4.69, 9.17) is 14.6 Å². The van der Waals surface area contributed by atoms with Crippen LogP contribution in [0.4, 0.5) is 0 Å². The van der Waals surface area contributed by atoms with Crippen LogP contribution in [0.2, 0.25) is 0 Å². The summed E-state index contributed by atoms with van der Waals surface area (Å²) in [6.45, 7) is 0.185. The third kappa shape index (κ3) is 3.52. The Hall–Kier alpha value is -2.41. The molecular weight excluding hydrogens is 248 g/mol. The summed E-state index contributed by atoms with van der Waals surface area (Å²) in [4.78, 5) is 0. The maximum atomic E-state index is 8.73. The summed E-state index contributed by atoms with van der Waals surface area (Å²) in [7, 11) is 1.56. The molecule has 0 unspecified atom stereocenters. The Morgan fingerprint density at radius 3 is 2.79 bits per heavy atom. The Kier molecular flexibility index (Phi) is 4.46. The van der Waals surface area contributed by atoms with Gasteiger partial charge in [-0.3, -0.25) is 0 Å². The number of aliphatic hydroxyl groups is 1. The smallest absolute Gasteiger partial charge is 0.161 e. The molecule has 7 nitrogen and oxygen atoms in total. The SMILES string of the molecule is COc1cc(/C=N\n2cnnc2)ccc1OCCO. The summed E-state index contributed by atoms with van der Waals surface area (Å²) in [6.07, 6.45) is 4.64. The summed E-state index contributed by atoms with van der Waals surface area (Å²) >= 11 is 0. The molecule has 19 heavy (non-hydrogen) atoms. The van der Waals surface area contributed by atoms with Crippen LogP contribution in [-0.2, 0) is 0 Å². The van der Waals surface area contributed by atoms with Crippen LogP contribution in [-0.4, -0.2) is 46.5 Å². The molecule has 0 radical (unpaired) electrons. The van der Waals surface area contributed by atoms with Crippen molar-refractivity contribution in [3.05, 3.63) is 36.4 Å². The molecule has 0 aliphatic carbocycles. The second-order valence-electron chi connectivity index (χ2n) is 3.57. The van der Waals surface area contributed by atoms with E-state index in [0.717, 1.165) is 5.56 Å². The first-order valence-corrected chi connectivity index (χ1v) is 5.64. The van der Waals surface area contributed by atoms with Gasteiger partial charge < -0.3 is 14.6 Å². The molecule has 0 aliphatic rings. The highest BCUT2D eigenvalue weighted by Gasteiger charge is 2.04. The van der Waals surface area contributed by atoms with Gasteiger partial charge >= 0.3 is 0 Å². The van der Waals surface area contributed by atoms with Gasteiger partial charge in [0.05, 0.1) is 19.9 Å². The van der Waals surface area contributed by atoms with E-state index < -0.39 is 0 Å². The molecule has 0 saturated carbocycles. The topological polar surface area (TPSA) is 81.8 Å². The second kappa shape index (κ2) is 6.50. The Labute approximate surface area is 110 Å². The maximum Gasteiger partial charge on any atom is 0.161 e. The van der Waals surface area contributed by atoms with Crippen molar-refractivity contribution in [3.8, 4) is 11.5 Å². The molecule has 1 aromatic carbocycles. The Morgan fingerprint density at radius 1 is 1.32 bits per heavy atom. The Balaban J connectivity index is 2.14. The van der Waals surface area contributed by atoms with Crippen molar-refractivity contribution in [2.45, 2.75) is 0 Å².